The van der Waals surface area contributed by atoms with Crippen molar-refractivity contribution < 1.29 is 19.1 Å². The van der Waals surface area contributed by atoms with Gasteiger partial charge >= 0.3 is 5.97 Å². The molecule has 0 aliphatic carbocycles. The number of carbonyl (C=O) groups is 3. The monoisotopic (exact) mass is 305 g/mol. The Hall–Kier alpha value is -2.41. The van der Waals surface area contributed by atoms with E-state index in [9.17, 15) is 14.4 Å². The van der Waals surface area contributed by atoms with Gasteiger partial charge in [-0.2, -0.15) is 0 Å². The van der Waals surface area contributed by atoms with Crippen LogP contribution in [0.1, 0.15) is 12.0 Å². The molecule has 0 saturated carbocycles. The lowest BCUT2D eigenvalue weighted by Gasteiger charge is -2.31. The van der Waals surface area contributed by atoms with Gasteiger partial charge in [-0.25, -0.2) is 0 Å². The molecule has 3 N–H and O–H groups in total. The lowest BCUT2D eigenvalue weighted by atomic mass is 10.1. The Morgan fingerprint density at radius 3 is 2.73 bits per heavy atom. The molecule has 118 valence electrons. The van der Waals surface area contributed by atoms with Gasteiger partial charge in [0.25, 0.3) is 0 Å². The van der Waals surface area contributed by atoms with Crippen molar-refractivity contribution in [1.82, 2.24) is 10.2 Å². The van der Waals surface area contributed by atoms with Crippen molar-refractivity contribution in [2.75, 3.05) is 19.6 Å². The van der Waals surface area contributed by atoms with Crippen molar-refractivity contribution >= 4 is 17.8 Å². The van der Waals surface area contributed by atoms with Crippen LogP contribution < -0.4 is 11.1 Å². The third kappa shape index (κ3) is 4.56. The molecule has 7 nitrogen and oxygen atoms in total. The molecule has 7 heteroatoms. The molecule has 0 radical (unpaired) electrons. The molecular weight excluding hydrogens is 286 g/mol. The van der Waals surface area contributed by atoms with E-state index in [0.29, 0.717) is 13.1 Å². The average Bonchev–Trinajstić information content (AvgIpc) is 2.50. The fourth-order valence-corrected chi connectivity index (χ4v) is 2.26. The van der Waals surface area contributed by atoms with Crippen molar-refractivity contribution in [2.24, 2.45) is 5.73 Å². The second kappa shape index (κ2) is 7.56. The van der Waals surface area contributed by atoms with E-state index in [2.05, 4.69) is 5.32 Å². The number of nitrogens with zero attached hydrogens (tertiary/aromatic N) is 1. The molecule has 1 saturated heterocycles. The van der Waals surface area contributed by atoms with Crippen LogP contribution in [0.2, 0.25) is 0 Å². The summed E-state index contributed by atoms with van der Waals surface area (Å²) in [4.78, 5) is 36.2. The predicted octanol–water partition coefficient (Wildman–Crippen LogP) is -0.594. The highest BCUT2D eigenvalue weighted by Crippen LogP contribution is 2.08. The summed E-state index contributed by atoms with van der Waals surface area (Å²) in [5.41, 5.74) is 5.98. The van der Waals surface area contributed by atoms with E-state index in [1.165, 1.54) is 4.90 Å². The van der Waals surface area contributed by atoms with Crippen molar-refractivity contribution in [1.29, 1.82) is 0 Å². The molecule has 0 unspecified atom stereocenters. The smallest absolute Gasteiger partial charge is 0.308 e. The van der Waals surface area contributed by atoms with Crippen LogP contribution in [0.25, 0.3) is 0 Å². The maximum atomic E-state index is 12.1. The van der Waals surface area contributed by atoms with E-state index in [1.54, 1.807) is 0 Å². The fraction of sp³-hybridized carbons (Fsp3) is 0.400. The van der Waals surface area contributed by atoms with Crippen molar-refractivity contribution in [3.8, 4) is 0 Å². The zero-order chi connectivity index (χ0) is 15.9. The second-order valence-corrected chi connectivity index (χ2v) is 5.08. The molecule has 1 aliphatic heterocycles. The lowest BCUT2D eigenvalue weighted by Crippen LogP contribution is -2.57. The third-order valence-electron chi connectivity index (χ3n) is 3.34. The highest BCUT2D eigenvalue weighted by atomic mass is 16.5. The number of amides is 2. The quantitative estimate of drug-likeness (QED) is 0.684. The largest absolute Gasteiger partial charge is 0.461 e. The van der Waals surface area contributed by atoms with Crippen LogP contribution in [0.3, 0.4) is 0 Å². The van der Waals surface area contributed by atoms with Crippen molar-refractivity contribution in [3.05, 3.63) is 35.9 Å². The minimum absolute atomic E-state index is 0.0685. The van der Waals surface area contributed by atoms with Crippen LogP contribution in [0.15, 0.2) is 30.3 Å². The van der Waals surface area contributed by atoms with Gasteiger partial charge in [0, 0.05) is 13.1 Å². The molecule has 1 heterocycles. The zero-order valence-corrected chi connectivity index (χ0v) is 12.2. The van der Waals surface area contributed by atoms with Crippen molar-refractivity contribution in [3.63, 3.8) is 0 Å². The standard InChI is InChI=1S/C15H19N3O4/c16-13(19)9-18-7-6-17-12(15(18)21)8-14(20)22-10-11-4-2-1-3-5-11/h1-5,12,17H,6-10H2,(H2,16,19)/t12-/m0/s1. The predicted molar refractivity (Wildman–Crippen MR) is 78.4 cm³/mol. The molecule has 0 spiro atoms. The Morgan fingerprint density at radius 1 is 1.32 bits per heavy atom. The van der Waals surface area contributed by atoms with Crippen molar-refractivity contribution in [2.45, 2.75) is 19.1 Å². The highest BCUT2D eigenvalue weighted by Gasteiger charge is 2.31. The maximum Gasteiger partial charge on any atom is 0.308 e. The molecule has 0 bridgehead atoms. The first-order chi connectivity index (χ1) is 10.6. The number of rotatable bonds is 6. The Balaban J connectivity index is 1.82. The number of carbonyl (C=O) groups excluding carboxylic acids is 3. The zero-order valence-electron chi connectivity index (χ0n) is 12.2. The van der Waals surface area contributed by atoms with E-state index in [-0.39, 0.29) is 25.5 Å². The topological polar surface area (TPSA) is 102 Å². The van der Waals surface area contributed by atoms with Gasteiger partial charge in [-0.05, 0) is 5.56 Å². The van der Waals surface area contributed by atoms with Gasteiger partial charge in [-0.15, -0.1) is 0 Å². The summed E-state index contributed by atoms with van der Waals surface area (Å²) >= 11 is 0. The van der Waals surface area contributed by atoms with Gasteiger partial charge in [0.05, 0.1) is 19.0 Å². The van der Waals surface area contributed by atoms with E-state index in [4.69, 9.17) is 10.5 Å². The molecule has 1 fully saturated rings. The summed E-state index contributed by atoms with van der Waals surface area (Å²) < 4.78 is 5.15. The van der Waals surface area contributed by atoms with E-state index in [0.717, 1.165) is 5.56 Å². The molecule has 0 aromatic heterocycles. The van der Waals surface area contributed by atoms with Gasteiger partial charge in [0.2, 0.25) is 11.8 Å². The van der Waals surface area contributed by atoms with Gasteiger partial charge in [-0.1, -0.05) is 30.3 Å². The minimum Gasteiger partial charge on any atom is -0.461 e. The first-order valence-electron chi connectivity index (χ1n) is 7.06. The van der Waals surface area contributed by atoms with Crippen LogP contribution in [0, 0.1) is 0 Å². The van der Waals surface area contributed by atoms with Crippen LogP contribution in [0.4, 0.5) is 0 Å². The summed E-state index contributed by atoms with van der Waals surface area (Å²) in [5, 5.41) is 2.96. The van der Waals surface area contributed by atoms with Crippen LogP contribution >= 0.6 is 0 Å². The van der Waals surface area contributed by atoms with Crippen LogP contribution in [-0.4, -0.2) is 48.4 Å². The number of primary amides is 1. The van der Waals surface area contributed by atoms with Crippen LogP contribution in [0.5, 0.6) is 0 Å². The number of hydrogen-bond donors (Lipinski definition) is 2. The van der Waals surface area contributed by atoms with Gasteiger partial charge in [0.1, 0.15) is 6.61 Å². The summed E-state index contributed by atoms with van der Waals surface area (Å²) in [6, 6.07) is 8.63. The molecule has 1 aromatic carbocycles. The number of hydrogen-bond acceptors (Lipinski definition) is 5. The first-order valence-corrected chi connectivity index (χ1v) is 7.06. The second-order valence-electron chi connectivity index (χ2n) is 5.08. The molecule has 22 heavy (non-hydrogen) atoms. The van der Waals surface area contributed by atoms with Gasteiger partial charge in [-0.3, -0.25) is 14.4 Å². The fourth-order valence-electron chi connectivity index (χ4n) is 2.26. The number of ether oxygens (including phenoxy) is 1. The Kier molecular flexibility index (Phi) is 5.48. The maximum absolute atomic E-state index is 12.1. The number of benzene rings is 1. The number of nitrogens with one attached hydrogen (secondary N) is 1. The molecule has 1 atom stereocenters. The summed E-state index contributed by atoms with van der Waals surface area (Å²) in [5.74, 6) is -1.34. The summed E-state index contributed by atoms with van der Waals surface area (Å²) in [6.45, 7) is 0.953. The van der Waals surface area contributed by atoms with Gasteiger partial charge < -0.3 is 20.7 Å². The summed E-state index contributed by atoms with van der Waals surface area (Å²) in [6.07, 6.45) is -0.0685. The highest BCUT2D eigenvalue weighted by molar-refractivity contribution is 5.90. The molecule has 1 aromatic rings. The third-order valence-corrected chi connectivity index (χ3v) is 3.34. The molecule has 1 aliphatic rings. The van der Waals surface area contributed by atoms with Crippen LogP contribution in [-0.2, 0) is 25.7 Å². The first kappa shape index (κ1) is 16.0. The Labute approximate surface area is 128 Å². The Morgan fingerprint density at radius 2 is 2.05 bits per heavy atom. The minimum atomic E-state index is -0.670. The summed E-state index contributed by atoms with van der Waals surface area (Å²) in [7, 11) is 0. The number of piperazine rings is 1. The molecule has 2 rings (SSSR count). The molecule has 2 amide bonds. The van der Waals surface area contributed by atoms with Gasteiger partial charge in [0.15, 0.2) is 0 Å². The van der Waals surface area contributed by atoms with E-state index in [1.807, 2.05) is 30.3 Å². The lowest BCUT2D eigenvalue weighted by molar-refractivity contribution is -0.149. The number of esters is 1. The normalized spacial score (nSPS) is 18.1. The van der Waals surface area contributed by atoms with E-state index >= 15 is 0 Å². The van der Waals surface area contributed by atoms with E-state index < -0.39 is 17.9 Å². The average molecular weight is 305 g/mol. The Bertz CT molecular complexity index is 547. The SMILES string of the molecule is NC(=O)CN1CCN[C@@H](CC(=O)OCc2ccccc2)C1=O. The number of nitrogens with two attached hydrogens (primary N) is 1. The molecular formula is C15H19N3O4.